The van der Waals surface area contributed by atoms with E-state index in [9.17, 15) is 9.59 Å². The number of aryl methyl sites for hydroxylation is 1. The van der Waals surface area contributed by atoms with Crippen LogP contribution in [0, 0.1) is 6.92 Å². The molecule has 0 unspecified atom stereocenters. The van der Waals surface area contributed by atoms with E-state index in [0.29, 0.717) is 16.6 Å². The van der Waals surface area contributed by atoms with Crippen LogP contribution in [-0.4, -0.2) is 23.3 Å². The molecule has 0 radical (unpaired) electrons. The van der Waals surface area contributed by atoms with Gasteiger partial charge in [-0.05, 0) is 25.5 Å². The zero-order chi connectivity index (χ0) is 15.9. The van der Waals surface area contributed by atoms with Crippen LogP contribution in [-0.2, 0) is 9.53 Å². The molecule has 6 nitrogen and oxygen atoms in total. The molecule has 0 aliphatic carbocycles. The molecule has 0 amide bonds. The van der Waals surface area contributed by atoms with Gasteiger partial charge in [-0.25, -0.2) is 0 Å². The van der Waals surface area contributed by atoms with Crippen molar-refractivity contribution in [1.82, 2.24) is 4.98 Å². The van der Waals surface area contributed by atoms with E-state index in [2.05, 4.69) is 15.2 Å². The number of benzene rings is 1. The SMILES string of the molecule is CCOC(=O)CSc1[nH]c(=O)sc1N=Nc1ccccc1C. The lowest BCUT2D eigenvalue weighted by molar-refractivity contribution is -0.139. The molecular formula is C14H15N3O3S2. The fourth-order valence-corrected chi connectivity index (χ4v) is 3.17. The van der Waals surface area contributed by atoms with Gasteiger partial charge in [0, 0.05) is 0 Å². The van der Waals surface area contributed by atoms with Crippen LogP contribution >= 0.6 is 23.1 Å². The highest BCUT2D eigenvalue weighted by atomic mass is 32.2. The summed E-state index contributed by atoms with van der Waals surface area (Å²) in [5, 5.41) is 9.27. The van der Waals surface area contributed by atoms with Crippen LogP contribution in [0.4, 0.5) is 10.7 Å². The summed E-state index contributed by atoms with van der Waals surface area (Å²) >= 11 is 2.14. The number of esters is 1. The summed E-state index contributed by atoms with van der Waals surface area (Å²) in [5.41, 5.74) is 1.74. The molecule has 0 bridgehead atoms. The van der Waals surface area contributed by atoms with Crippen molar-refractivity contribution < 1.29 is 9.53 Å². The van der Waals surface area contributed by atoms with Crippen LogP contribution in [0.15, 0.2) is 44.3 Å². The Labute approximate surface area is 135 Å². The number of thiazole rings is 1. The molecular weight excluding hydrogens is 322 g/mol. The van der Waals surface area contributed by atoms with E-state index in [1.807, 2.05) is 31.2 Å². The minimum absolute atomic E-state index is 0.118. The van der Waals surface area contributed by atoms with E-state index in [-0.39, 0.29) is 16.6 Å². The number of aromatic nitrogens is 1. The van der Waals surface area contributed by atoms with Gasteiger partial charge in [-0.3, -0.25) is 9.59 Å². The van der Waals surface area contributed by atoms with Gasteiger partial charge in [-0.1, -0.05) is 41.3 Å². The third-order valence-electron chi connectivity index (χ3n) is 2.60. The minimum atomic E-state index is -0.332. The summed E-state index contributed by atoms with van der Waals surface area (Å²) in [6.45, 7) is 4.01. The van der Waals surface area contributed by atoms with Crippen LogP contribution < -0.4 is 4.87 Å². The van der Waals surface area contributed by atoms with Gasteiger partial charge in [-0.2, -0.15) is 0 Å². The molecule has 1 aromatic carbocycles. The average molecular weight is 337 g/mol. The Morgan fingerprint density at radius 3 is 2.86 bits per heavy atom. The highest BCUT2D eigenvalue weighted by molar-refractivity contribution is 8.00. The van der Waals surface area contributed by atoms with E-state index < -0.39 is 0 Å². The van der Waals surface area contributed by atoms with Crippen LogP contribution in [0.5, 0.6) is 0 Å². The zero-order valence-electron chi connectivity index (χ0n) is 12.2. The summed E-state index contributed by atoms with van der Waals surface area (Å²) in [6, 6.07) is 7.57. The lowest BCUT2D eigenvalue weighted by Gasteiger charge is -2.00. The maximum atomic E-state index is 11.5. The first-order valence-corrected chi connectivity index (χ1v) is 8.39. The number of nitrogens with zero attached hydrogens (tertiary/aromatic N) is 2. The maximum Gasteiger partial charge on any atom is 0.316 e. The molecule has 0 saturated heterocycles. The van der Waals surface area contributed by atoms with Crippen molar-refractivity contribution in [3.63, 3.8) is 0 Å². The fraction of sp³-hybridized carbons (Fsp3) is 0.286. The Hall–Kier alpha value is -1.93. The third-order valence-corrected chi connectivity index (χ3v) is 4.46. The van der Waals surface area contributed by atoms with Gasteiger partial charge in [0.05, 0.1) is 18.0 Å². The van der Waals surface area contributed by atoms with Crippen molar-refractivity contribution in [3.05, 3.63) is 39.5 Å². The molecule has 2 rings (SSSR count). The highest BCUT2D eigenvalue weighted by Crippen LogP contribution is 2.32. The second-order valence-electron chi connectivity index (χ2n) is 4.23. The first-order valence-electron chi connectivity index (χ1n) is 6.59. The van der Waals surface area contributed by atoms with E-state index in [1.54, 1.807) is 6.92 Å². The summed E-state index contributed by atoms with van der Waals surface area (Å²) < 4.78 is 4.85. The van der Waals surface area contributed by atoms with Crippen LogP contribution in [0.25, 0.3) is 0 Å². The molecule has 116 valence electrons. The molecule has 0 spiro atoms. The van der Waals surface area contributed by atoms with Crippen molar-refractivity contribution in [2.75, 3.05) is 12.4 Å². The number of carbonyl (C=O) groups excluding carboxylic acids is 1. The van der Waals surface area contributed by atoms with E-state index in [4.69, 9.17) is 4.74 Å². The number of aromatic amines is 1. The van der Waals surface area contributed by atoms with E-state index in [0.717, 1.165) is 22.6 Å². The first kappa shape index (κ1) is 16.4. The molecule has 22 heavy (non-hydrogen) atoms. The summed E-state index contributed by atoms with van der Waals surface area (Å²) in [5.74, 6) is -0.214. The van der Waals surface area contributed by atoms with Crippen molar-refractivity contribution in [1.29, 1.82) is 0 Å². The van der Waals surface area contributed by atoms with Crippen LogP contribution in [0.3, 0.4) is 0 Å². The molecule has 0 aliphatic rings. The zero-order valence-corrected chi connectivity index (χ0v) is 13.8. The van der Waals surface area contributed by atoms with Crippen molar-refractivity contribution in [2.45, 2.75) is 18.9 Å². The van der Waals surface area contributed by atoms with E-state index in [1.165, 1.54) is 11.8 Å². The summed E-state index contributed by atoms with van der Waals surface area (Å²) in [7, 11) is 0. The number of thioether (sulfide) groups is 1. The van der Waals surface area contributed by atoms with E-state index >= 15 is 0 Å². The Morgan fingerprint density at radius 1 is 1.36 bits per heavy atom. The summed E-state index contributed by atoms with van der Waals surface area (Å²) in [4.78, 5) is 25.3. The predicted molar refractivity (Wildman–Crippen MR) is 87.7 cm³/mol. The second-order valence-corrected chi connectivity index (χ2v) is 6.18. The first-order chi connectivity index (χ1) is 10.6. The van der Waals surface area contributed by atoms with Gasteiger partial charge in [0.15, 0.2) is 5.00 Å². The topological polar surface area (TPSA) is 83.9 Å². The number of azo groups is 1. The lowest BCUT2D eigenvalue weighted by Crippen LogP contribution is -2.06. The molecule has 1 heterocycles. The van der Waals surface area contributed by atoms with Crippen molar-refractivity contribution in [3.8, 4) is 0 Å². The molecule has 0 aliphatic heterocycles. The third kappa shape index (κ3) is 4.54. The van der Waals surface area contributed by atoms with Gasteiger partial charge in [-0.15, -0.1) is 10.2 Å². The molecule has 2 aromatic rings. The Bertz CT molecular complexity index is 737. The molecule has 0 atom stereocenters. The Morgan fingerprint density at radius 2 is 2.14 bits per heavy atom. The van der Waals surface area contributed by atoms with Gasteiger partial charge < -0.3 is 9.72 Å². The minimum Gasteiger partial charge on any atom is -0.465 e. The Balaban J connectivity index is 2.13. The average Bonchev–Trinajstić information content (AvgIpc) is 2.85. The molecule has 1 N–H and O–H groups in total. The summed E-state index contributed by atoms with van der Waals surface area (Å²) in [6.07, 6.45) is 0. The van der Waals surface area contributed by atoms with Crippen LogP contribution in [0.1, 0.15) is 12.5 Å². The highest BCUT2D eigenvalue weighted by Gasteiger charge is 2.11. The number of rotatable bonds is 6. The van der Waals surface area contributed by atoms with Gasteiger partial charge in [0.2, 0.25) is 0 Å². The van der Waals surface area contributed by atoms with Crippen molar-refractivity contribution >= 4 is 39.8 Å². The molecule has 0 fully saturated rings. The molecule has 8 heteroatoms. The van der Waals surface area contributed by atoms with Gasteiger partial charge in [0.25, 0.3) is 0 Å². The fourth-order valence-electron chi connectivity index (χ4n) is 1.58. The Kier molecular flexibility index (Phi) is 5.91. The largest absolute Gasteiger partial charge is 0.465 e. The smallest absolute Gasteiger partial charge is 0.316 e. The number of H-pyrrole nitrogens is 1. The lowest BCUT2D eigenvalue weighted by atomic mass is 10.2. The second kappa shape index (κ2) is 7.90. The normalized spacial score (nSPS) is 11.0. The van der Waals surface area contributed by atoms with Crippen LogP contribution in [0.2, 0.25) is 0 Å². The van der Waals surface area contributed by atoms with Gasteiger partial charge >= 0.3 is 10.8 Å². The molecule has 1 aromatic heterocycles. The predicted octanol–water partition coefficient (Wildman–Crippen LogP) is 3.82. The van der Waals surface area contributed by atoms with Gasteiger partial charge in [0.1, 0.15) is 5.03 Å². The monoisotopic (exact) mass is 337 g/mol. The molecule has 0 saturated carbocycles. The standard InChI is InChI=1S/C14H15N3O3S2/c1-3-20-11(18)8-21-12-13(22-14(19)15-12)17-16-10-7-5-4-6-9(10)2/h4-7H,3,8H2,1-2H3,(H,15,19). The maximum absolute atomic E-state index is 11.5. The number of hydrogen-bond acceptors (Lipinski definition) is 7. The van der Waals surface area contributed by atoms with Crippen molar-refractivity contribution in [2.24, 2.45) is 10.2 Å². The number of hydrogen-bond donors (Lipinski definition) is 1. The number of ether oxygens (including phenoxy) is 1. The number of carbonyl (C=O) groups is 1. The number of nitrogens with one attached hydrogen (secondary N) is 1. The quantitative estimate of drug-likeness (QED) is 0.493.